The molecule has 0 bridgehead atoms. The lowest BCUT2D eigenvalue weighted by Crippen LogP contribution is -2.12. The maximum atomic E-state index is 11.7. The number of ether oxygens (including phenoxy) is 1. The van der Waals surface area contributed by atoms with Gasteiger partial charge in [-0.2, -0.15) is 0 Å². The number of nitrogens with zero attached hydrogens (tertiary/aromatic N) is 1. The van der Waals surface area contributed by atoms with Gasteiger partial charge in [-0.15, -0.1) is 0 Å². The van der Waals surface area contributed by atoms with E-state index in [1.807, 2.05) is 0 Å². The third-order valence-corrected chi connectivity index (χ3v) is 4.45. The van der Waals surface area contributed by atoms with E-state index in [2.05, 4.69) is 15.0 Å². The van der Waals surface area contributed by atoms with Gasteiger partial charge in [-0.25, -0.2) is 27.3 Å². The molecule has 0 spiro atoms. The van der Waals surface area contributed by atoms with Crippen molar-refractivity contribution in [2.45, 2.75) is 17.6 Å². The van der Waals surface area contributed by atoms with E-state index >= 15 is 0 Å². The van der Waals surface area contributed by atoms with E-state index < -0.39 is 23.1 Å². The molecule has 0 amide bonds. The number of nitrogens with two attached hydrogens (primary N) is 1. The molecule has 0 aromatic carbocycles. The van der Waals surface area contributed by atoms with Crippen LogP contribution in [0.1, 0.15) is 5.69 Å². The Morgan fingerprint density at radius 2 is 2.22 bits per heavy atom. The second kappa shape index (κ2) is 6.36. The Labute approximate surface area is 107 Å². The molecule has 0 aliphatic rings. The molecule has 1 heterocycles. The average Bonchev–Trinajstić information content (AvgIpc) is 2.58. The van der Waals surface area contributed by atoms with Crippen LogP contribution in [0.5, 0.6) is 0 Å². The fraction of sp³-hybridized carbons (Fsp3) is 0.625. The molecule has 10 heteroatoms. The van der Waals surface area contributed by atoms with Crippen LogP contribution in [-0.2, 0) is 14.8 Å². The van der Waals surface area contributed by atoms with Crippen molar-refractivity contribution in [1.29, 1.82) is 0 Å². The van der Waals surface area contributed by atoms with Gasteiger partial charge in [0, 0.05) is 6.54 Å². The number of anilines is 1. The van der Waals surface area contributed by atoms with Gasteiger partial charge in [0.2, 0.25) is 10.0 Å². The first-order valence-corrected chi connectivity index (χ1v) is 7.27. The van der Waals surface area contributed by atoms with E-state index in [9.17, 15) is 17.2 Å². The molecular weight excluding hydrogens is 288 g/mol. The van der Waals surface area contributed by atoms with E-state index in [1.54, 1.807) is 0 Å². The van der Waals surface area contributed by atoms with Gasteiger partial charge in [-0.3, -0.25) is 0 Å². The number of alkyl halides is 2. The highest BCUT2D eigenvalue weighted by atomic mass is 32.2. The highest BCUT2D eigenvalue weighted by Crippen LogP contribution is 2.25. The fourth-order valence-corrected chi connectivity index (χ4v) is 3.01. The molecule has 0 atom stereocenters. The lowest BCUT2D eigenvalue weighted by Gasteiger charge is -2.03. The monoisotopic (exact) mass is 301 g/mol. The van der Waals surface area contributed by atoms with Crippen molar-refractivity contribution in [3.63, 3.8) is 0 Å². The summed E-state index contributed by atoms with van der Waals surface area (Å²) in [6.07, 6.45) is -2.50. The number of nitrogens with one attached hydrogen (secondary N) is 1. The van der Waals surface area contributed by atoms with Crippen LogP contribution in [0, 0.1) is 6.92 Å². The predicted molar refractivity (Wildman–Crippen MR) is 63.5 cm³/mol. The van der Waals surface area contributed by atoms with Crippen LogP contribution < -0.4 is 10.5 Å². The number of aryl methyl sites for hydroxylation is 1. The molecule has 18 heavy (non-hydrogen) atoms. The minimum atomic E-state index is -3.77. The molecule has 1 aromatic rings. The maximum Gasteiger partial charge on any atom is 0.261 e. The summed E-state index contributed by atoms with van der Waals surface area (Å²) < 4.78 is 50.4. The van der Waals surface area contributed by atoms with E-state index in [1.165, 1.54) is 6.92 Å². The predicted octanol–water partition coefficient (Wildman–Crippen LogP) is 0.793. The fourth-order valence-electron chi connectivity index (χ4n) is 1.12. The molecule has 0 saturated heterocycles. The van der Waals surface area contributed by atoms with Crippen LogP contribution in [-0.4, -0.2) is 39.6 Å². The lowest BCUT2D eigenvalue weighted by atomic mass is 10.6. The van der Waals surface area contributed by atoms with Gasteiger partial charge in [0.25, 0.3) is 6.43 Å². The van der Waals surface area contributed by atoms with Crippen LogP contribution in [0.25, 0.3) is 0 Å². The Hall–Kier alpha value is -0.840. The minimum absolute atomic E-state index is 0.0153. The van der Waals surface area contributed by atoms with Gasteiger partial charge in [0.1, 0.15) is 6.61 Å². The molecule has 0 saturated carbocycles. The van der Waals surface area contributed by atoms with Crippen molar-refractivity contribution in [1.82, 2.24) is 4.98 Å². The summed E-state index contributed by atoms with van der Waals surface area (Å²) in [5.41, 5.74) is 0.304. The minimum Gasteiger partial charge on any atom is -0.374 e. The second-order valence-corrected chi connectivity index (χ2v) is 6.09. The van der Waals surface area contributed by atoms with Gasteiger partial charge < -0.3 is 10.1 Å². The number of sulfonamides is 1. The SMILES string of the molecule is Cc1nc(NCCOCC(F)F)sc1S(N)(=O)=O. The molecule has 0 unspecified atom stereocenters. The van der Waals surface area contributed by atoms with Crippen molar-refractivity contribution in [3.05, 3.63) is 5.69 Å². The van der Waals surface area contributed by atoms with Crippen molar-refractivity contribution < 1.29 is 21.9 Å². The van der Waals surface area contributed by atoms with Crippen LogP contribution in [0.4, 0.5) is 13.9 Å². The molecule has 104 valence electrons. The molecule has 0 radical (unpaired) electrons. The summed E-state index contributed by atoms with van der Waals surface area (Å²) in [6.45, 7) is 1.23. The average molecular weight is 301 g/mol. The van der Waals surface area contributed by atoms with Crippen molar-refractivity contribution in [2.24, 2.45) is 5.14 Å². The first kappa shape index (κ1) is 15.2. The highest BCUT2D eigenvalue weighted by Gasteiger charge is 2.17. The first-order chi connectivity index (χ1) is 8.30. The van der Waals surface area contributed by atoms with E-state index in [-0.39, 0.29) is 17.4 Å². The number of hydrogen-bond donors (Lipinski definition) is 2. The molecule has 0 aliphatic heterocycles. The van der Waals surface area contributed by atoms with E-state index in [0.717, 1.165) is 11.3 Å². The van der Waals surface area contributed by atoms with Crippen molar-refractivity contribution in [2.75, 3.05) is 25.1 Å². The first-order valence-electron chi connectivity index (χ1n) is 4.90. The molecule has 3 N–H and O–H groups in total. The smallest absolute Gasteiger partial charge is 0.261 e. The number of halogens is 2. The topological polar surface area (TPSA) is 94.3 Å². The van der Waals surface area contributed by atoms with Gasteiger partial charge >= 0.3 is 0 Å². The van der Waals surface area contributed by atoms with Crippen LogP contribution in [0.3, 0.4) is 0 Å². The summed E-state index contributed by atoms with van der Waals surface area (Å²) in [7, 11) is -3.77. The maximum absolute atomic E-state index is 11.7. The number of thiazole rings is 1. The summed E-state index contributed by atoms with van der Waals surface area (Å²) in [5, 5.41) is 8.12. The number of hydrogen-bond acceptors (Lipinski definition) is 6. The summed E-state index contributed by atoms with van der Waals surface area (Å²) in [5.74, 6) is 0. The molecule has 1 aromatic heterocycles. The van der Waals surface area contributed by atoms with Gasteiger partial charge in [-0.05, 0) is 6.92 Å². The van der Waals surface area contributed by atoms with E-state index in [4.69, 9.17) is 5.14 Å². The van der Waals surface area contributed by atoms with Crippen LogP contribution in [0.2, 0.25) is 0 Å². The van der Waals surface area contributed by atoms with Gasteiger partial charge in [0.15, 0.2) is 9.34 Å². The lowest BCUT2D eigenvalue weighted by molar-refractivity contribution is 0.0215. The third kappa shape index (κ3) is 4.80. The number of primary sulfonamides is 1. The second-order valence-electron chi connectivity index (χ2n) is 3.33. The Morgan fingerprint density at radius 1 is 1.56 bits per heavy atom. The van der Waals surface area contributed by atoms with Crippen LogP contribution >= 0.6 is 11.3 Å². The Kier molecular flexibility index (Phi) is 5.38. The van der Waals surface area contributed by atoms with Gasteiger partial charge in [0.05, 0.1) is 12.3 Å². The largest absolute Gasteiger partial charge is 0.374 e. The molecule has 0 aliphatic carbocycles. The van der Waals surface area contributed by atoms with Crippen molar-refractivity contribution in [3.8, 4) is 0 Å². The number of aromatic nitrogens is 1. The third-order valence-electron chi connectivity index (χ3n) is 1.78. The molecule has 1 rings (SSSR count). The zero-order chi connectivity index (χ0) is 13.8. The zero-order valence-electron chi connectivity index (χ0n) is 9.52. The van der Waals surface area contributed by atoms with Crippen LogP contribution in [0.15, 0.2) is 4.21 Å². The molecular formula is C8H13F2N3O3S2. The summed E-state index contributed by atoms with van der Waals surface area (Å²) in [4.78, 5) is 3.95. The molecule has 0 fully saturated rings. The van der Waals surface area contributed by atoms with Gasteiger partial charge in [-0.1, -0.05) is 11.3 Å². The Morgan fingerprint density at radius 3 is 2.72 bits per heavy atom. The zero-order valence-corrected chi connectivity index (χ0v) is 11.2. The standard InChI is InChI=1S/C8H13F2N3O3S2/c1-5-7(18(11,14)15)17-8(13-5)12-2-3-16-4-6(9)10/h6H,2-4H2,1H3,(H,12,13)(H2,11,14,15). The van der Waals surface area contributed by atoms with Crippen molar-refractivity contribution >= 4 is 26.5 Å². The quantitative estimate of drug-likeness (QED) is 0.726. The highest BCUT2D eigenvalue weighted by molar-refractivity contribution is 7.91. The Bertz CT molecular complexity index is 490. The number of rotatable bonds is 7. The Balaban J connectivity index is 2.45. The summed E-state index contributed by atoms with van der Waals surface area (Å²) in [6, 6.07) is 0. The summed E-state index contributed by atoms with van der Waals surface area (Å²) >= 11 is 0.892. The van der Waals surface area contributed by atoms with E-state index in [0.29, 0.717) is 10.8 Å². The molecule has 6 nitrogen and oxygen atoms in total. The normalized spacial score (nSPS) is 12.1.